The lowest BCUT2D eigenvalue weighted by molar-refractivity contribution is -0.137. The molecule has 1 atom stereocenters. The van der Waals surface area contributed by atoms with Crippen LogP contribution in [0.4, 0.5) is 13.2 Å². The van der Waals surface area contributed by atoms with Gasteiger partial charge in [0.05, 0.1) is 5.56 Å². The molecule has 0 spiro atoms. The summed E-state index contributed by atoms with van der Waals surface area (Å²) in [6.45, 7) is 1.45. The molecule has 1 aromatic rings. The number of likely N-dealkylation sites (N-methyl/N-ethyl adjacent to an activating group) is 1. The smallest absolute Gasteiger partial charge is 0.416 e. The molecule has 2 rings (SSSR count). The summed E-state index contributed by atoms with van der Waals surface area (Å²) in [6.07, 6.45) is -3.48. The molecule has 0 saturated carbocycles. The SMILES string of the molecule is CN(C(=O)COc1ccc(C(F)(F)F)cc1)C1CCNC1. The molecule has 7 heteroatoms. The van der Waals surface area contributed by atoms with Gasteiger partial charge in [0.15, 0.2) is 6.61 Å². The summed E-state index contributed by atoms with van der Waals surface area (Å²) < 4.78 is 42.5. The highest BCUT2D eigenvalue weighted by Crippen LogP contribution is 2.30. The Morgan fingerprint density at radius 2 is 2.05 bits per heavy atom. The maximum absolute atomic E-state index is 12.4. The molecule has 1 unspecified atom stereocenters. The Morgan fingerprint density at radius 1 is 1.38 bits per heavy atom. The van der Waals surface area contributed by atoms with E-state index in [1.807, 2.05) is 0 Å². The Labute approximate surface area is 120 Å². The van der Waals surface area contributed by atoms with Crippen LogP contribution in [0, 0.1) is 0 Å². The average molecular weight is 302 g/mol. The van der Waals surface area contributed by atoms with Crippen molar-refractivity contribution < 1.29 is 22.7 Å². The van der Waals surface area contributed by atoms with Gasteiger partial charge in [-0.05, 0) is 37.2 Å². The van der Waals surface area contributed by atoms with Crippen LogP contribution in [0.5, 0.6) is 5.75 Å². The molecule has 1 aliphatic heterocycles. The van der Waals surface area contributed by atoms with Gasteiger partial charge in [-0.15, -0.1) is 0 Å². The van der Waals surface area contributed by atoms with Gasteiger partial charge in [0.2, 0.25) is 0 Å². The van der Waals surface area contributed by atoms with Crippen molar-refractivity contribution in [1.82, 2.24) is 10.2 Å². The van der Waals surface area contributed by atoms with Gasteiger partial charge in [0.25, 0.3) is 5.91 Å². The number of nitrogens with zero attached hydrogens (tertiary/aromatic N) is 1. The molecule has 0 bridgehead atoms. The lowest BCUT2D eigenvalue weighted by atomic mass is 10.2. The van der Waals surface area contributed by atoms with Crippen LogP contribution >= 0.6 is 0 Å². The van der Waals surface area contributed by atoms with Crippen LogP contribution in [0.25, 0.3) is 0 Å². The van der Waals surface area contributed by atoms with Gasteiger partial charge in [-0.1, -0.05) is 0 Å². The summed E-state index contributed by atoms with van der Waals surface area (Å²) in [5.74, 6) is 0.0536. The number of hydrogen-bond donors (Lipinski definition) is 1. The number of halogens is 3. The molecule has 1 N–H and O–H groups in total. The number of carbonyl (C=O) groups excluding carboxylic acids is 1. The first-order valence-electron chi connectivity index (χ1n) is 6.64. The van der Waals surface area contributed by atoms with Crippen LogP contribution in [0.2, 0.25) is 0 Å². The first kappa shape index (κ1) is 15.6. The zero-order valence-corrected chi connectivity index (χ0v) is 11.6. The van der Waals surface area contributed by atoms with Crippen molar-refractivity contribution in [3.63, 3.8) is 0 Å². The van der Waals surface area contributed by atoms with Crippen LogP contribution in [0.1, 0.15) is 12.0 Å². The van der Waals surface area contributed by atoms with Gasteiger partial charge >= 0.3 is 6.18 Å². The summed E-state index contributed by atoms with van der Waals surface area (Å²) in [6, 6.07) is 4.45. The lowest BCUT2D eigenvalue weighted by Gasteiger charge is -2.23. The summed E-state index contributed by atoms with van der Waals surface area (Å²) in [4.78, 5) is 13.5. The molecule has 0 aliphatic carbocycles. The van der Waals surface area contributed by atoms with E-state index in [1.165, 1.54) is 12.1 Å². The van der Waals surface area contributed by atoms with E-state index in [0.717, 1.165) is 31.6 Å². The van der Waals surface area contributed by atoms with Crippen molar-refractivity contribution in [2.45, 2.75) is 18.6 Å². The molecule has 1 amide bonds. The fourth-order valence-corrected chi connectivity index (χ4v) is 2.16. The number of ether oxygens (including phenoxy) is 1. The molecule has 4 nitrogen and oxygen atoms in total. The van der Waals surface area contributed by atoms with E-state index in [0.29, 0.717) is 0 Å². The molecule has 0 aromatic heterocycles. The average Bonchev–Trinajstić information content (AvgIpc) is 2.97. The van der Waals surface area contributed by atoms with E-state index in [9.17, 15) is 18.0 Å². The summed E-state index contributed by atoms with van der Waals surface area (Å²) >= 11 is 0. The predicted molar refractivity (Wildman–Crippen MR) is 71.0 cm³/mol. The molecule has 1 heterocycles. The Kier molecular flexibility index (Phi) is 4.72. The molecule has 1 aliphatic rings. The predicted octanol–water partition coefficient (Wildman–Crippen LogP) is 1.90. The van der Waals surface area contributed by atoms with Crippen LogP contribution < -0.4 is 10.1 Å². The number of benzene rings is 1. The second kappa shape index (κ2) is 6.34. The van der Waals surface area contributed by atoms with E-state index in [4.69, 9.17) is 4.74 Å². The molecule has 1 aromatic carbocycles. The van der Waals surface area contributed by atoms with Gasteiger partial charge in [-0.3, -0.25) is 4.79 Å². The van der Waals surface area contributed by atoms with E-state index < -0.39 is 11.7 Å². The molecular weight excluding hydrogens is 285 g/mol. The molecule has 116 valence electrons. The molecular formula is C14H17F3N2O2. The first-order chi connectivity index (χ1) is 9.88. The van der Waals surface area contributed by atoms with E-state index in [1.54, 1.807) is 11.9 Å². The van der Waals surface area contributed by atoms with Crippen molar-refractivity contribution in [2.24, 2.45) is 0 Å². The van der Waals surface area contributed by atoms with Gasteiger partial charge in [-0.2, -0.15) is 13.2 Å². The zero-order valence-electron chi connectivity index (χ0n) is 11.6. The third-order valence-electron chi connectivity index (χ3n) is 3.52. The highest BCUT2D eigenvalue weighted by molar-refractivity contribution is 5.77. The Morgan fingerprint density at radius 3 is 2.57 bits per heavy atom. The van der Waals surface area contributed by atoms with Crippen LogP contribution in [-0.2, 0) is 11.0 Å². The summed E-state index contributed by atoms with van der Waals surface area (Å²) in [5, 5.41) is 3.16. The highest BCUT2D eigenvalue weighted by atomic mass is 19.4. The monoisotopic (exact) mass is 302 g/mol. The number of amides is 1. The van der Waals surface area contributed by atoms with Crippen LogP contribution in [0.15, 0.2) is 24.3 Å². The third-order valence-corrected chi connectivity index (χ3v) is 3.52. The fraction of sp³-hybridized carbons (Fsp3) is 0.500. The topological polar surface area (TPSA) is 41.6 Å². The maximum Gasteiger partial charge on any atom is 0.416 e. The van der Waals surface area contributed by atoms with Crippen molar-refractivity contribution in [3.8, 4) is 5.75 Å². The molecule has 1 fully saturated rings. The summed E-state index contributed by atoms with van der Waals surface area (Å²) in [7, 11) is 1.70. The fourth-order valence-electron chi connectivity index (χ4n) is 2.16. The van der Waals surface area contributed by atoms with Crippen molar-refractivity contribution in [1.29, 1.82) is 0 Å². The molecule has 0 radical (unpaired) electrons. The Balaban J connectivity index is 1.86. The number of carbonyl (C=O) groups is 1. The maximum atomic E-state index is 12.4. The quantitative estimate of drug-likeness (QED) is 0.924. The number of alkyl halides is 3. The second-order valence-corrected chi connectivity index (χ2v) is 4.96. The van der Waals surface area contributed by atoms with Crippen LogP contribution in [0.3, 0.4) is 0 Å². The van der Waals surface area contributed by atoms with Gasteiger partial charge in [0.1, 0.15) is 5.75 Å². The summed E-state index contributed by atoms with van der Waals surface area (Å²) in [5.41, 5.74) is -0.740. The minimum absolute atomic E-state index is 0.147. The van der Waals surface area contributed by atoms with Crippen molar-refractivity contribution in [2.75, 3.05) is 26.7 Å². The number of nitrogens with one attached hydrogen (secondary N) is 1. The zero-order chi connectivity index (χ0) is 15.5. The van der Waals surface area contributed by atoms with Gasteiger partial charge in [-0.25, -0.2) is 0 Å². The third kappa shape index (κ3) is 4.10. The normalized spacial score (nSPS) is 18.6. The Hall–Kier alpha value is -1.76. The lowest BCUT2D eigenvalue weighted by Crippen LogP contribution is -2.40. The van der Waals surface area contributed by atoms with E-state index >= 15 is 0 Å². The minimum atomic E-state index is -4.37. The Bertz CT molecular complexity index is 482. The number of hydrogen-bond acceptors (Lipinski definition) is 3. The molecule has 21 heavy (non-hydrogen) atoms. The molecule has 1 saturated heterocycles. The van der Waals surface area contributed by atoms with E-state index in [-0.39, 0.29) is 24.3 Å². The van der Waals surface area contributed by atoms with Gasteiger partial charge < -0.3 is 15.0 Å². The largest absolute Gasteiger partial charge is 0.484 e. The van der Waals surface area contributed by atoms with Crippen LogP contribution in [-0.4, -0.2) is 43.6 Å². The number of rotatable bonds is 4. The van der Waals surface area contributed by atoms with Crippen molar-refractivity contribution in [3.05, 3.63) is 29.8 Å². The minimum Gasteiger partial charge on any atom is -0.484 e. The second-order valence-electron chi connectivity index (χ2n) is 4.96. The first-order valence-corrected chi connectivity index (χ1v) is 6.64. The van der Waals surface area contributed by atoms with Gasteiger partial charge in [0, 0.05) is 19.6 Å². The van der Waals surface area contributed by atoms with Crippen molar-refractivity contribution >= 4 is 5.91 Å². The van der Waals surface area contributed by atoms with E-state index in [2.05, 4.69) is 5.32 Å². The standard InChI is InChI=1S/C14H17F3N2O2/c1-19(11-6-7-18-8-11)13(20)9-21-12-4-2-10(3-5-12)14(15,16)17/h2-5,11,18H,6-9H2,1H3. The highest BCUT2D eigenvalue weighted by Gasteiger charge is 2.30.